The third-order valence-corrected chi connectivity index (χ3v) is 5.20. The highest BCUT2D eigenvalue weighted by molar-refractivity contribution is 6.02. The lowest BCUT2D eigenvalue weighted by atomic mass is 10.1. The number of phenols is 1. The van der Waals surface area contributed by atoms with Crippen molar-refractivity contribution < 1.29 is 23.8 Å². The molecule has 0 unspecified atom stereocenters. The van der Waals surface area contributed by atoms with Gasteiger partial charge in [-0.15, -0.1) is 0 Å². The Morgan fingerprint density at radius 1 is 1.03 bits per heavy atom. The number of nitrogens with zero attached hydrogens (tertiary/aromatic N) is 1. The van der Waals surface area contributed by atoms with E-state index < -0.39 is 0 Å². The molecule has 4 rings (SSSR count). The molecule has 0 saturated carbocycles. The summed E-state index contributed by atoms with van der Waals surface area (Å²) in [5.74, 6) is -0.0387. The van der Waals surface area contributed by atoms with Gasteiger partial charge in [-0.3, -0.25) is 4.79 Å². The Morgan fingerprint density at radius 3 is 2.56 bits per heavy atom. The molecular formula is C24H25N3O5. The number of carbonyl (C=O) groups is 2. The van der Waals surface area contributed by atoms with Gasteiger partial charge in [-0.05, 0) is 49.2 Å². The van der Waals surface area contributed by atoms with Crippen LogP contribution in [0.25, 0.3) is 0 Å². The van der Waals surface area contributed by atoms with Crippen LogP contribution in [0.15, 0.2) is 71.3 Å². The van der Waals surface area contributed by atoms with E-state index in [4.69, 9.17) is 9.15 Å². The number of nitrogens with one attached hydrogen (secondary N) is 2. The molecule has 8 heteroatoms. The maximum Gasteiger partial charge on any atom is 0.322 e. The summed E-state index contributed by atoms with van der Waals surface area (Å²) in [4.78, 5) is 26.9. The van der Waals surface area contributed by atoms with Crippen molar-refractivity contribution in [2.75, 3.05) is 23.8 Å². The Morgan fingerprint density at radius 2 is 1.84 bits per heavy atom. The second kappa shape index (κ2) is 10.0. The number of hydrogen-bond acceptors (Lipinski definition) is 5. The smallest absolute Gasteiger partial charge is 0.322 e. The van der Waals surface area contributed by atoms with Crippen molar-refractivity contribution in [2.45, 2.75) is 25.5 Å². The minimum Gasteiger partial charge on any atom is -0.508 e. The SMILES string of the molecule is O=C(Nc1cccc(NC(=O)N(Cc2ccccc2O)C[C@@H]2CCCO2)c1)c1ccco1. The normalized spacial score (nSPS) is 15.3. The second-order valence-corrected chi connectivity index (χ2v) is 7.59. The molecular weight excluding hydrogens is 410 g/mol. The van der Waals surface area contributed by atoms with E-state index in [0.717, 1.165) is 12.8 Å². The van der Waals surface area contributed by atoms with E-state index in [0.29, 0.717) is 30.1 Å². The molecule has 8 nitrogen and oxygen atoms in total. The fraction of sp³-hybridized carbons (Fsp3) is 0.250. The minimum atomic E-state index is -0.377. The van der Waals surface area contributed by atoms with Crippen LogP contribution in [0.4, 0.5) is 16.2 Å². The number of anilines is 2. The summed E-state index contributed by atoms with van der Waals surface area (Å²) in [5.41, 5.74) is 1.71. The van der Waals surface area contributed by atoms with Crippen molar-refractivity contribution in [3.63, 3.8) is 0 Å². The van der Waals surface area contributed by atoms with Crippen LogP contribution < -0.4 is 10.6 Å². The molecule has 0 aliphatic carbocycles. The van der Waals surface area contributed by atoms with Crippen LogP contribution in [0, 0.1) is 0 Å². The van der Waals surface area contributed by atoms with Gasteiger partial charge in [-0.25, -0.2) is 4.79 Å². The highest BCUT2D eigenvalue weighted by Gasteiger charge is 2.24. The molecule has 1 aromatic heterocycles. The molecule has 0 spiro atoms. The molecule has 2 aromatic carbocycles. The van der Waals surface area contributed by atoms with Crippen molar-refractivity contribution in [2.24, 2.45) is 0 Å². The van der Waals surface area contributed by atoms with E-state index in [9.17, 15) is 14.7 Å². The molecule has 0 radical (unpaired) electrons. The Kier molecular flexibility index (Phi) is 6.72. The lowest BCUT2D eigenvalue weighted by Crippen LogP contribution is -2.39. The van der Waals surface area contributed by atoms with Gasteiger partial charge in [-0.2, -0.15) is 0 Å². The zero-order valence-corrected chi connectivity index (χ0v) is 17.5. The lowest BCUT2D eigenvalue weighted by molar-refractivity contribution is 0.0817. The molecule has 3 N–H and O–H groups in total. The van der Waals surface area contributed by atoms with E-state index in [1.807, 2.05) is 6.07 Å². The van der Waals surface area contributed by atoms with Crippen molar-refractivity contribution in [1.29, 1.82) is 0 Å². The average molecular weight is 435 g/mol. The number of carbonyl (C=O) groups excluding carboxylic acids is 2. The average Bonchev–Trinajstić information content (AvgIpc) is 3.49. The van der Waals surface area contributed by atoms with Gasteiger partial charge in [0.1, 0.15) is 5.75 Å². The first-order valence-corrected chi connectivity index (χ1v) is 10.5. The van der Waals surface area contributed by atoms with Gasteiger partial charge in [0, 0.05) is 30.1 Å². The van der Waals surface area contributed by atoms with Crippen LogP contribution in [-0.4, -0.2) is 41.2 Å². The van der Waals surface area contributed by atoms with E-state index in [1.54, 1.807) is 59.5 Å². The summed E-state index contributed by atoms with van der Waals surface area (Å²) in [6, 6.07) is 16.7. The summed E-state index contributed by atoms with van der Waals surface area (Å²) in [5, 5.41) is 15.8. The van der Waals surface area contributed by atoms with Crippen LogP contribution in [0.1, 0.15) is 29.0 Å². The maximum absolute atomic E-state index is 13.1. The number of phenolic OH excluding ortho intramolecular Hbond substituents is 1. The van der Waals surface area contributed by atoms with Crippen molar-refractivity contribution in [3.8, 4) is 5.75 Å². The number of urea groups is 1. The molecule has 3 aromatic rings. The predicted molar refractivity (Wildman–Crippen MR) is 120 cm³/mol. The summed E-state index contributed by atoms with van der Waals surface area (Å²) in [6.07, 6.45) is 3.25. The topological polar surface area (TPSA) is 104 Å². The Balaban J connectivity index is 1.46. The highest BCUT2D eigenvalue weighted by Crippen LogP contribution is 2.22. The van der Waals surface area contributed by atoms with E-state index in [-0.39, 0.29) is 36.1 Å². The van der Waals surface area contributed by atoms with E-state index in [2.05, 4.69) is 10.6 Å². The lowest BCUT2D eigenvalue weighted by Gasteiger charge is -2.26. The third kappa shape index (κ3) is 5.47. The molecule has 1 aliphatic heterocycles. The van der Waals surface area contributed by atoms with Crippen molar-refractivity contribution in [1.82, 2.24) is 4.90 Å². The van der Waals surface area contributed by atoms with Crippen LogP contribution in [0.3, 0.4) is 0 Å². The van der Waals surface area contributed by atoms with Crippen molar-refractivity contribution >= 4 is 23.3 Å². The number of benzene rings is 2. The van der Waals surface area contributed by atoms with Gasteiger partial charge < -0.3 is 29.8 Å². The Hall–Kier alpha value is -3.78. The standard InChI is InChI=1S/C24H25N3O5/c28-21-10-2-1-6-17(21)15-27(16-20-9-4-12-31-20)24(30)26-19-8-3-7-18(14-19)25-23(29)22-11-5-13-32-22/h1-3,5-8,10-11,13-14,20,28H,4,9,12,15-16H2,(H,25,29)(H,26,30)/t20-/m0/s1. The first-order valence-electron chi connectivity index (χ1n) is 10.5. The van der Waals surface area contributed by atoms with Gasteiger partial charge in [0.25, 0.3) is 5.91 Å². The van der Waals surface area contributed by atoms with Gasteiger partial charge in [0.05, 0.1) is 18.9 Å². The van der Waals surface area contributed by atoms with Gasteiger partial charge >= 0.3 is 6.03 Å². The number of amides is 3. The van der Waals surface area contributed by atoms with Crippen LogP contribution in [-0.2, 0) is 11.3 Å². The van der Waals surface area contributed by atoms with Gasteiger partial charge in [-0.1, -0.05) is 24.3 Å². The number of ether oxygens (including phenoxy) is 1. The zero-order valence-electron chi connectivity index (χ0n) is 17.5. The number of para-hydroxylation sites is 1. The molecule has 1 saturated heterocycles. The largest absolute Gasteiger partial charge is 0.508 e. The molecule has 32 heavy (non-hydrogen) atoms. The molecule has 0 bridgehead atoms. The Labute approximate surface area is 185 Å². The predicted octanol–water partition coefficient (Wildman–Crippen LogP) is 4.45. The first kappa shape index (κ1) is 21.5. The molecule has 2 heterocycles. The van der Waals surface area contributed by atoms with Crippen molar-refractivity contribution in [3.05, 3.63) is 78.3 Å². The molecule has 166 valence electrons. The first-order chi connectivity index (χ1) is 15.6. The van der Waals surface area contributed by atoms with E-state index >= 15 is 0 Å². The minimum absolute atomic E-state index is 0.0366. The number of hydrogen-bond donors (Lipinski definition) is 3. The molecule has 1 aliphatic rings. The third-order valence-electron chi connectivity index (χ3n) is 5.20. The monoisotopic (exact) mass is 435 g/mol. The Bertz CT molecular complexity index is 1060. The van der Waals surface area contributed by atoms with Crippen LogP contribution in [0.5, 0.6) is 5.75 Å². The van der Waals surface area contributed by atoms with Gasteiger partial charge in [0.15, 0.2) is 5.76 Å². The maximum atomic E-state index is 13.1. The fourth-order valence-electron chi connectivity index (χ4n) is 3.58. The van der Waals surface area contributed by atoms with Crippen LogP contribution in [0.2, 0.25) is 0 Å². The quantitative estimate of drug-likeness (QED) is 0.509. The van der Waals surface area contributed by atoms with Crippen LogP contribution >= 0.6 is 0 Å². The molecule has 3 amide bonds. The summed E-state index contributed by atoms with van der Waals surface area (Å²) >= 11 is 0. The summed E-state index contributed by atoms with van der Waals surface area (Å²) < 4.78 is 10.8. The van der Waals surface area contributed by atoms with E-state index in [1.165, 1.54) is 6.26 Å². The number of furan rings is 1. The summed E-state index contributed by atoms with van der Waals surface area (Å²) in [7, 11) is 0. The number of rotatable bonds is 7. The fourth-order valence-corrected chi connectivity index (χ4v) is 3.58. The second-order valence-electron chi connectivity index (χ2n) is 7.59. The highest BCUT2D eigenvalue weighted by atomic mass is 16.5. The molecule has 1 fully saturated rings. The molecule has 1 atom stereocenters. The summed E-state index contributed by atoms with van der Waals surface area (Å²) in [6.45, 7) is 1.34. The number of aromatic hydroxyl groups is 1. The van der Waals surface area contributed by atoms with Gasteiger partial charge in [0.2, 0.25) is 0 Å². The zero-order chi connectivity index (χ0) is 22.3.